The van der Waals surface area contributed by atoms with Crippen molar-refractivity contribution in [2.24, 2.45) is 5.41 Å². The summed E-state index contributed by atoms with van der Waals surface area (Å²) in [5.74, 6) is -0.158. The molecule has 98 valence electrons. The SMILES string of the molecule is CC1(NC(=O)C2(C)CC2(Cl)Cl)CCS(=O)(=O)C1. The number of carbonyl (C=O) groups is 1. The van der Waals surface area contributed by atoms with E-state index in [0.29, 0.717) is 12.8 Å². The van der Waals surface area contributed by atoms with E-state index >= 15 is 0 Å². The van der Waals surface area contributed by atoms with Crippen molar-refractivity contribution >= 4 is 38.9 Å². The second-order valence-electron chi connectivity index (χ2n) is 5.57. The first kappa shape index (κ1) is 13.4. The molecular weight excluding hydrogens is 285 g/mol. The number of halogens is 2. The van der Waals surface area contributed by atoms with Crippen LogP contribution in [0, 0.1) is 5.41 Å². The summed E-state index contributed by atoms with van der Waals surface area (Å²) in [6, 6.07) is 0. The van der Waals surface area contributed by atoms with Crippen LogP contribution >= 0.6 is 23.2 Å². The molecule has 0 radical (unpaired) electrons. The molecule has 0 spiro atoms. The molecule has 7 heteroatoms. The topological polar surface area (TPSA) is 63.2 Å². The van der Waals surface area contributed by atoms with E-state index in [-0.39, 0.29) is 17.4 Å². The van der Waals surface area contributed by atoms with E-state index in [9.17, 15) is 13.2 Å². The number of hydrogen-bond donors (Lipinski definition) is 1. The summed E-state index contributed by atoms with van der Waals surface area (Å²) >= 11 is 11.8. The molecule has 1 saturated heterocycles. The third kappa shape index (κ3) is 2.29. The van der Waals surface area contributed by atoms with Gasteiger partial charge in [-0.15, -0.1) is 23.2 Å². The fourth-order valence-corrected chi connectivity index (χ4v) is 4.97. The van der Waals surface area contributed by atoms with E-state index in [0.717, 1.165) is 0 Å². The first-order valence-electron chi connectivity index (χ1n) is 5.41. The summed E-state index contributed by atoms with van der Waals surface area (Å²) in [5, 5.41) is 2.78. The van der Waals surface area contributed by atoms with Crippen molar-refractivity contribution in [3.05, 3.63) is 0 Å². The van der Waals surface area contributed by atoms with Crippen LogP contribution in [0.4, 0.5) is 0 Å². The second-order valence-corrected chi connectivity index (χ2v) is 9.24. The van der Waals surface area contributed by atoms with Gasteiger partial charge < -0.3 is 5.32 Å². The maximum absolute atomic E-state index is 12.0. The van der Waals surface area contributed by atoms with Crippen molar-refractivity contribution < 1.29 is 13.2 Å². The highest BCUT2D eigenvalue weighted by atomic mass is 35.5. The lowest BCUT2D eigenvalue weighted by Crippen LogP contribution is -2.50. The quantitative estimate of drug-likeness (QED) is 0.781. The Hall–Kier alpha value is -0.000000000000000111. The van der Waals surface area contributed by atoms with E-state index in [2.05, 4.69) is 5.32 Å². The Balaban J connectivity index is 2.06. The molecule has 4 nitrogen and oxygen atoms in total. The van der Waals surface area contributed by atoms with Crippen LogP contribution in [0.3, 0.4) is 0 Å². The van der Waals surface area contributed by atoms with Gasteiger partial charge in [0, 0.05) is 0 Å². The van der Waals surface area contributed by atoms with Crippen molar-refractivity contribution in [2.45, 2.75) is 36.6 Å². The van der Waals surface area contributed by atoms with E-state index in [1.54, 1.807) is 13.8 Å². The minimum absolute atomic E-state index is 0.0145. The molecule has 2 atom stereocenters. The normalized spacial score (nSPS) is 42.1. The number of alkyl halides is 2. The predicted molar refractivity (Wildman–Crippen MR) is 67.0 cm³/mol. The largest absolute Gasteiger partial charge is 0.349 e. The van der Waals surface area contributed by atoms with E-state index in [1.165, 1.54) is 0 Å². The Labute approximate surface area is 111 Å². The summed E-state index contributed by atoms with van der Waals surface area (Å²) in [5.41, 5.74) is -1.49. The van der Waals surface area contributed by atoms with Crippen LogP contribution in [0.25, 0.3) is 0 Å². The summed E-state index contributed by atoms with van der Waals surface area (Å²) in [7, 11) is -3.03. The van der Waals surface area contributed by atoms with Gasteiger partial charge in [-0.2, -0.15) is 0 Å². The summed E-state index contributed by atoms with van der Waals surface area (Å²) in [4.78, 5) is 12.0. The molecule has 0 bridgehead atoms. The maximum atomic E-state index is 12.0. The average molecular weight is 300 g/mol. The van der Waals surface area contributed by atoms with Crippen molar-refractivity contribution in [3.63, 3.8) is 0 Å². The summed E-state index contributed by atoms with van der Waals surface area (Å²) < 4.78 is 21.8. The smallest absolute Gasteiger partial charge is 0.229 e. The molecule has 1 heterocycles. The Morgan fingerprint density at radius 2 is 1.82 bits per heavy atom. The number of carbonyl (C=O) groups excluding carboxylic acids is 1. The van der Waals surface area contributed by atoms with E-state index in [4.69, 9.17) is 23.2 Å². The van der Waals surface area contributed by atoms with Crippen molar-refractivity contribution in [3.8, 4) is 0 Å². The monoisotopic (exact) mass is 299 g/mol. The molecule has 1 aliphatic carbocycles. The first-order valence-corrected chi connectivity index (χ1v) is 7.98. The van der Waals surface area contributed by atoms with Crippen LogP contribution in [0.2, 0.25) is 0 Å². The highest BCUT2D eigenvalue weighted by molar-refractivity contribution is 7.91. The fraction of sp³-hybridized carbons (Fsp3) is 0.900. The molecule has 2 fully saturated rings. The van der Waals surface area contributed by atoms with Crippen LogP contribution in [-0.4, -0.2) is 35.7 Å². The molecule has 2 aliphatic rings. The lowest BCUT2D eigenvalue weighted by molar-refractivity contribution is -0.127. The van der Waals surface area contributed by atoms with Gasteiger partial charge in [0.25, 0.3) is 0 Å². The van der Waals surface area contributed by atoms with Gasteiger partial charge >= 0.3 is 0 Å². The summed E-state index contributed by atoms with van der Waals surface area (Å²) in [6.07, 6.45) is 0.840. The van der Waals surface area contributed by atoms with Crippen molar-refractivity contribution in [1.29, 1.82) is 0 Å². The summed E-state index contributed by atoms with van der Waals surface area (Å²) in [6.45, 7) is 3.43. The Bertz CT molecular complexity index is 476. The minimum atomic E-state index is -3.03. The van der Waals surface area contributed by atoms with Gasteiger partial charge in [-0.25, -0.2) is 8.42 Å². The Morgan fingerprint density at radius 3 is 2.18 bits per heavy atom. The van der Waals surface area contributed by atoms with E-state index in [1.807, 2.05) is 0 Å². The second kappa shape index (κ2) is 3.52. The van der Waals surface area contributed by atoms with Gasteiger partial charge in [0.15, 0.2) is 9.84 Å². The minimum Gasteiger partial charge on any atom is -0.349 e. The van der Waals surface area contributed by atoms with Crippen LogP contribution in [0.5, 0.6) is 0 Å². The molecule has 17 heavy (non-hydrogen) atoms. The van der Waals surface area contributed by atoms with Gasteiger partial charge in [0.05, 0.1) is 22.5 Å². The van der Waals surface area contributed by atoms with Crippen molar-refractivity contribution in [1.82, 2.24) is 5.32 Å². The molecule has 0 aromatic carbocycles. The first-order chi connectivity index (χ1) is 7.50. The molecule has 1 aliphatic heterocycles. The highest BCUT2D eigenvalue weighted by Gasteiger charge is 2.68. The van der Waals surface area contributed by atoms with Gasteiger partial charge in [-0.3, -0.25) is 4.79 Å². The van der Waals surface area contributed by atoms with Crippen LogP contribution in [0.1, 0.15) is 26.7 Å². The third-order valence-electron chi connectivity index (χ3n) is 3.68. The number of amides is 1. The molecule has 0 aromatic heterocycles. The maximum Gasteiger partial charge on any atom is 0.229 e. The van der Waals surface area contributed by atoms with Crippen LogP contribution in [0.15, 0.2) is 0 Å². The van der Waals surface area contributed by atoms with Crippen LogP contribution in [-0.2, 0) is 14.6 Å². The van der Waals surface area contributed by atoms with Crippen LogP contribution < -0.4 is 5.32 Å². The molecule has 2 unspecified atom stereocenters. The number of rotatable bonds is 2. The molecule has 1 N–H and O–H groups in total. The lowest BCUT2D eigenvalue weighted by Gasteiger charge is -2.26. The predicted octanol–water partition coefficient (Wildman–Crippen LogP) is 1.26. The zero-order valence-electron chi connectivity index (χ0n) is 9.72. The van der Waals surface area contributed by atoms with Gasteiger partial charge in [0.2, 0.25) is 5.91 Å². The molecule has 0 aromatic rings. The van der Waals surface area contributed by atoms with E-state index < -0.39 is 25.1 Å². The standard InChI is InChI=1S/C10H15Cl2NO3S/c1-8(3-4-17(15,16)6-8)13-7(14)9(2)5-10(9,11)12/h3-6H2,1-2H3,(H,13,14). The lowest BCUT2D eigenvalue weighted by atomic mass is 9.99. The zero-order chi connectivity index (χ0) is 13.1. The molecule has 1 saturated carbocycles. The Kier molecular flexibility index (Phi) is 2.78. The van der Waals surface area contributed by atoms with Crippen molar-refractivity contribution in [2.75, 3.05) is 11.5 Å². The Morgan fingerprint density at radius 1 is 1.29 bits per heavy atom. The molecular formula is C10H15Cl2NO3S. The number of sulfone groups is 1. The average Bonchev–Trinajstić information content (AvgIpc) is 2.49. The fourth-order valence-electron chi connectivity index (χ4n) is 2.17. The molecule has 2 rings (SSSR count). The van der Waals surface area contributed by atoms with Gasteiger partial charge in [0.1, 0.15) is 4.33 Å². The number of hydrogen-bond acceptors (Lipinski definition) is 3. The van der Waals surface area contributed by atoms with Gasteiger partial charge in [-0.05, 0) is 26.7 Å². The zero-order valence-corrected chi connectivity index (χ0v) is 12.0. The highest BCUT2D eigenvalue weighted by Crippen LogP contribution is 2.64. The van der Waals surface area contributed by atoms with Gasteiger partial charge in [-0.1, -0.05) is 0 Å². The third-order valence-corrected chi connectivity index (χ3v) is 6.68. The number of nitrogens with one attached hydrogen (secondary N) is 1. The molecule has 1 amide bonds.